The number of hydrogen-bond acceptors (Lipinski definition) is 2. The summed E-state index contributed by atoms with van der Waals surface area (Å²) in [6.07, 6.45) is 4.50. The Labute approximate surface area is 118 Å². The minimum atomic E-state index is 0.473. The Morgan fingerprint density at radius 3 is 2.16 bits per heavy atom. The summed E-state index contributed by atoms with van der Waals surface area (Å²) >= 11 is 0. The Bertz CT molecular complexity index is 364. The van der Waals surface area contributed by atoms with Crippen LogP contribution in [0, 0.1) is 0 Å². The first-order valence-corrected chi connectivity index (χ1v) is 7.58. The molecule has 0 bridgehead atoms. The van der Waals surface area contributed by atoms with Crippen molar-refractivity contribution in [1.82, 2.24) is 0 Å². The molecule has 0 unspecified atom stereocenters. The first kappa shape index (κ1) is 15.9. The standard InChI is InChI=1S/C16H27BO2/c1-5-7-11-18-14-9-10-15(17(3)4)16(13-14)19-12-8-6-2/h9-10,13H,5-8,11-12H2,1-4H3. The van der Waals surface area contributed by atoms with Gasteiger partial charge in [-0.2, -0.15) is 0 Å². The number of ether oxygens (including phenoxy) is 2. The van der Waals surface area contributed by atoms with Gasteiger partial charge in [-0.1, -0.05) is 46.4 Å². The van der Waals surface area contributed by atoms with Gasteiger partial charge in [0.1, 0.15) is 11.5 Å². The topological polar surface area (TPSA) is 18.5 Å². The van der Waals surface area contributed by atoms with Gasteiger partial charge in [0.25, 0.3) is 0 Å². The summed E-state index contributed by atoms with van der Waals surface area (Å²) in [5.41, 5.74) is 1.26. The molecule has 3 heteroatoms. The van der Waals surface area contributed by atoms with E-state index in [1.165, 1.54) is 5.46 Å². The quantitative estimate of drug-likeness (QED) is 0.494. The molecule has 0 spiro atoms. The third-order valence-corrected chi connectivity index (χ3v) is 3.13. The molecular formula is C16H27BO2. The molecule has 0 radical (unpaired) electrons. The number of benzene rings is 1. The van der Waals surface area contributed by atoms with Gasteiger partial charge < -0.3 is 9.47 Å². The molecular weight excluding hydrogens is 235 g/mol. The van der Waals surface area contributed by atoms with E-state index in [2.05, 4.69) is 39.6 Å². The van der Waals surface area contributed by atoms with Crippen molar-refractivity contribution in [3.63, 3.8) is 0 Å². The van der Waals surface area contributed by atoms with Crippen LogP contribution in [0.2, 0.25) is 13.6 Å². The van der Waals surface area contributed by atoms with Gasteiger partial charge in [0.05, 0.1) is 13.2 Å². The predicted molar refractivity (Wildman–Crippen MR) is 84.4 cm³/mol. The molecule has 0 aromatic heterocycles. The van der Waals surface area contributed by atoms with E-state index < -0.39 is 0 Å². The van der Waals surface area contributed by atoms with Crippen LogP contribution in [-0.2, 0) is 0 Å². The zero-order valence-electron chi connectivity index (χ0n) is 12.9. The lowest BCUT2D eigenvalue weighted by molar-refractivity contribution is 0.295. The molecule has 0 saturated carbocycles. The van der Waals surface area contributed by atoms with E-state index in [1.807, 2.05) is 6.07 Å². The summed E-state index contributed by atoms with van der Waals surface area (Å²) in [5.74, 6) is 1.90. The zero-order valence-corrected chi connectivity index (χ0v) is 12.9. The van der Waals surface area contributed by atoms with Crippen LogP contribution in [0.3, 0.4) is 0 Å². The third-order valence-electron chi connectivity index (χ3n) is 3.13. The smallest absolute Gasteiger partial charge is 0.174 e. The second-order valence-electron chi connectivity index (χ2n) is 5.26. The Balaban J connectivity index is 2.72. The molecule has 1 aromatic rings. The van der Waals surface area contributed by atoms with E-state index in [-0.39, 0.29) is 0 Å². The summed E-state index contributed by atoms with van der Waals surface area (Å²) < 4.78 is 11.7. The highest BCUT2D eigenvalue weighted by atomic mass is 16.5. The average Bonchev–Trinajstić information content (AvgIpc) is 2.39. The lowest BCUT2D eigenvalue weighted by Gasteiger charge is -2.15. The van der Waals surface area contributed by atoms with Gasteiger partial charge in [-0.25, -0.2) is 0 Å². The van der Waals surface area contributed by atoms with Gasteiger partial charge in [-0.3, -0.25) is 0 Å². The first-order valence-electron chi connectivity index (χ1n) is 7.58. The van der Waals surface area contributed by atoms with Crippen molar-refractivity contribution < 1.29 is 9.47 Å². The minimum absolute atomic E-state index is 0.473. The van der Waals surface area contributed by atoms with E-state index in [0.29, 0.717) is 6.71 Å². The van der Waals surface area contributed by atoms with Gasteiger partial charge in [-0.15, -0.1) is 0 Å². The van der Waals surface area contributed by atoms with E-state index in [1.54, 1.807) is 0 Å². The molecule has 0 aliphatic carbocycles. The fourth-order valence-corrected chi connectivity index (χ4v) is 1.87. The van der Waals surface area contributed by atoms with Crippen LogP contribution in [0.25, 0.3) is 0 Å². The summed E-state index contributed by atoms with van der Waals surface area (Å²) in [7, 11) is 0. The molecule has 1 aromatic carbocycles. The van der Waals surface area contributed by atoms with E-state index in [4.69, 9.17) is 9.47 Å². The highest BCUT2D eigenvalue weighted by molar-refractivity contribution is 6.71. The normalized spacial score (nSPS) is 10.3. The van der Waals surface area contributed by atoms with Gasteiger partial charge in [-0.05, 0) is 24.4 Å². The molecule has 2 nitrogen and oxygen atoms in total. The van der Waals surface area contributed by atoms with Crippen LogP contribution in [0.1, 0.15) is 39.5 Å². The van der Waals surface area contributed by atoms with Gasteiger partial charge in [0.2, 0.25) is 0 Å². The summed E-state index contributed by atoms with van der Waals surface area (Å²) in [4.78, 5) is 0. The van der Waals surface area contributed by atoms with Crippen LogP contribution in [0.5, 0.6) is 11.5 Å². The van der Waals surface area contributed by atoms with Crippen molar-refractivity contribution in [2.75, 3.05) is 13.2 Å². The van der Waals surface area contributed by atoms with Crippen LogP contribution in [0.4, 0.5) is 0 Å². The Morgan fingerprint density at radius 1 is 0.947 bits per heavy atom. The van der Waals surface area contributed by atoms with Crippen molar-refractivity contribution in [2.45, 2.75) is 53.2 Å². The fraction of sp³-hybridized carbons (Fsp3) is 0.625. The molecule has 0 aliphatic rings. The summed E-state index contributed by atoms with van der Waals surface area (Å²) in [5, 5.41) is 0. The van der Waals surface area contributed by atoms with Crippen molar-refractivity contribution in [3.05, 3.63) is 18.2 Å². The maximum absolute atomic E-state index is 5.91. The molecule has 0 atom stereocenters. The Kier molecular flexibility index (Phi) is 7.46. The Hall–Kier alpha value is -1.12. The van der Waals surface area contributed by atoms with Crippen molar-refractivity contribution in [1.29, 1.82) is 0 Å². The second-order valence-corrected chi connectivity index (χ2v) is 5.26. The fourth-order valence-electron chi connectivity index (χ4n) is 1.87. The number of unbranched alkanes of at least 4 members (excludes halogenated alkanes) is 2. The average molecular weight is 262 g/mol. The third kappa shape index (κ3) is 5.58. The maximum Gasteiger partial charge on any atom is 0.174 e. The molecule has 0 saturated heterocycles. The first-order chi connectivity index (χ1) is 9.19. The molecule has 0 fully saturated rings. The van der Waals surface area contributed by atoms with Crippen LogP contribution in [-0.4, -0.2) is 19.9 Å². The van der Waals surface area contributed by atoms with Gasteiger partial charge >= 0.3 is 0 Å². The molecule has 1 rings (SSSR count). The number of rotatable bonds is 9. The lowest BCUT2D eigenvalue weighted by atomic mass is 9.49. The molecule has 0 heterocycles. The largest absolute Gasteiger partial charge is 0.494 e. The SMILES string of the molecule is CCCCOc1ccc(B(C)C)c(OCCCC)c1. The molecule has 0 amide bonds. The highest BCUT2D eigenvalue weighted by Gasteiger charge is 2.11. The monoisotopic (exact) mass is 262 g/mol. The Morgan fingerprint density at radius 2 is 1.58 bits per heavy atom. The van der Waals surface area contributed by atoms with Crippen LogP contribution < -0.4 is 14.9 Å². The van der Waals surface area contributed by atoms with Crippen molar-refractivity contribution in [3.8, 4) is 11.5 Å². The van der Waals surface area contributed by atoms with Gasteiger partial charge in [0.15, 0.2) is 6.71 Å². The van der Waals surface area contributed by atoms with E-state index in [0.717, 1.165) is 50.4 Å². The summed E-state index contributed by atoms with van der Waals surface area (Å²) in [6.45, 7) is 10.8. The van der Waals surface area contributed by atoms with Crippen molar-refractivity contribution in [2.24, 2.45) is 0 Å². The minimum Gasteiger partial charge on any atom is -0.494 e. The predicted octanol–water partition coefficient (Wildman–Crippen LogP) is 4.01. The second kappa shape index (κ2) is 8.90. The molecule has 0 aliphatic heterocycles. The number of hydrogen-bond donors (Lipinski definition) is 0. The van der Waals surface area contributed by atoms with Gasteiger partial charge in [0, 0.05) is 6.07 Å². The molecule has 106 valence electrons. The van der Waals surface area contributed by atoms with E-state index in [9.17, 15) is 0 Å². The molecule has 19 heavy (non-hydrogen) atoms. The molecule has 0 N–H and O–H groups in total. The van der Waals surface area contributed by atoms with E-state index >= 15 is 0 Å². The lowest BCUT2D eigenvalue weighted by Crippen LogP contribution is -2.25. The summed E-state index contributed by atoms with van der Waals surface area (Å²) in [6, 6.07) is 6.23. The zero-order chi connectivity index (χ0) is 14.1. The maximum atomic E-state index is 5.91. The van der Waals surface area contributed by atoms with Crippen molar-refractivity contribution >= 4 is 12.2 Å². The van der Waals surface area contributed by atoms with Crippen LogP contribution >= 0.6 is 0 Å². The highest BCUT2D eigenvalue weighted by Crippen LogP contribution is 2.19. The van der Waals surface area contributed by atoms with Crippen LogP contribution in [0.15, 0.2) is 18.2 Å².